The van der Waals surface area contributed by atoms with Crippen molar-refractivity contribution < 1.29 is 9.53 Å². The fraction of sp³-hybridized carbons (Fsp3) is 0.542. The van der Waals surface area contributed by atoms with Gasteiger partial charge in [0.05, 0.1) is 13.0 Å². The molecule has 7 heteroatoms. The molecule has 2 aliphatic rings. The topological polar surface area (TPSA) is 41.6 Å². The van der Waals surface area contributed by atoms with E-state index in [1.807, 2.05) is 42.5 Å². The minimum absolute atomic E-state index is 0.196. The number of carbonyl (C=O) groups excluding carboxylic acids is 1. The fourth-order valence-electron chi connectivity index (χ4n) is 5.03. The summed E-state index contributed by atoms with van der Waals surface area (Å²) in [4.78, 5) is 15.4. The van der Waals surface area contributed by atoms with Crippen molar-refractivity contribution in [1.82, 2.24) is 10.2 Å². The summed E-state index contributed by atoms with van der Waals surface area (Å²) in [6, 6.07) is 14.5. The van der Waals surface area contributed by atoms with E-state index in [2.05, 4.69) is 10.2 Å². The van der Waals surface area contributed by atoms with E-state index in [1.165, 1.54) is 19.3 Å². The van der Waals surface area contributed by atoms with Crippen LogP contribution in [0.2, 0.25) is 0 Å². The third-order valence-electron chi connectivity index (χ3n) is 6.53. The van der Waals surface area contributed by atoms with Crippen LogP contribution in [0.4, 0.5) is 0 Å². The molecule has 0 saturated carbocycles. The van der Waals surface area contributed by atoms with Gasteiger partial charge in [-0.1, -0.05) is 83.7 Å². The number of hydrogen-bond acceptors (Lipinski definition) is 3. The molecule has 4 nitrogen and oxygen atoms in total. The van der Waals surface area contributed by atoms with Gasteiger partial charge in [-0.2, -0.15) is 0 Å². The quantitative estimate of drug-likeness (QED) is 0.437. The summed E-state index contributed by atoms with van der Waals surface area (Å²) in [5.74, 6) is 0.175. The first-order valence-electron chi connectivity index (χ1n) is 11.1. The summed E-state index contributed by atoms with van der Waals surface area (Å²) in [5.41, 5.74) is 0.934. The molecule has 3 atom stereocenters. The second kappa shape index (κ2) is 10.3. The van der Waals surface area contributed by atoms with Crippen LogP contribution >= 0.6 is 34.8 Å². The lowest BCUT2D eigenvalue weighted by Crippen LogP contribution is -2.51. The second-order valence-corrected chi connectivity index (χ2v) is 11.0. The van der Waals surface area contributed by atoms with E-state index >= 15 is 0 Å². The largest absolute Gasteiger partial charge is 0.354 e. The summed E-state index contributed by atoms with van der Waals surface area (Å²) in [5, 5.41) is 4.95. The number of rotatable bonds is 6. The summed E-state index contributed by atoms with van der Waals surface area (Å²) in [7, 11) is 0. The number of nitrogens with zero attached hydrogens (tertiary/aromatic N) is 1. The molecule has 2 fully saturated rings. The van der Waals surface area contributed by atoms with Crippen LogP contribution in [-0.4, -0.2) is 46.6 Å². The average molecular weight is 484 g/mol. The Labute approximate surface area is 199 Å². The molecule has 3 unspecified atom stereocenters. The molecule has 2 saturated heterocycles. The molecule has 0 aromatic heterocycles. The third kappa shape index (κ3) is 5.85. The van der Waals surface area contributed by atoms with Gasteiger partial charge in [-0.05, 0) is 61.0 Å². The number of nitrogens with one attached hydrogen (secondary N) is 1. The van der Waals surface area contributed by atoms with Crippen molar-refractivity contribution in [1.29, 1.82) is 0 Å². The van der Waals surface area contributed by atoms with Crippen molar-refractivity contribution in [3.05, 3.63) is 48.0 Å². The summed E-state index contributed by atoms with van der Waals surface area (Å²) >= 11 is 18.5. The number of fused-ring (bicyclic) bond motifs is 2. The van der Waals surface area contributed by atoms with Crippen LogP contribution in [-0.2, 0) is 16.0 Å². The first-order valence-corrected chi connectivity index (χ1v) is 12.2. The molecule has 2 aromatic rings. The SMILES string of the molecule is O=C(Cc1cccc2ccccc12)NC(OCC1CCCN2CCCCC12)C(Cl)(Cl)Cl. The van der Waals surface area contributed by atoms with Gasteiger partial charge in [-0.25, -0.2) is 0 Å². The molecule has 2 heterocycles. The van der Waals surface area contributed by atoms with E-state index in [4.69, 9.17) is 39.5 Å². The number of hydrogen-bond donors (Lipinski definition) is 1. The number of alkyl halides is 3. The lowest BCUT2D eigenvalue weighted by molar-refractivity contribution is -0.125. The molecule has 2 aliphatic heterocycles. The Morgan fingerprint density at radius 3 is 2.68 bits per heavy atom. The molecule has 2 aromatic carbocycles. The maximum Gasteiger partial charge on any atom is 0.234 e. The van der Waals surface area contributed by atoms with E-state index in [0.717, 1.165) is 42.3 Å². The zero-order valence-electron chi connectivity index (χ0n) is 17.5. The van der Waals surface area contributed by atoms with Crippen LogP contribution in [0.5, 0.6) is 0 Å². The van der Waals surface area contributed by atoms with Crippen molar-refractivity contribution in [3.63, 3.8) is 0 Å². The highest BCUT2D eigenvalue weighted by Crippen LogP contribution is 2.34. The Bertz CT molecular complexity index is 895. The zero-order chi connectivity index (χ0) is 21.8. The van der Waals surface area contributed by atoms with E-state index in [-0.39, 0.29) is 12.3 Å². The molecular formula is C24H29Cl3N2O2. The molecule has 1 N–H and O–H groups in total. The van der Waals surface area contributed by atoms with Gasteiger partial charge in [0.15, 0.2) is 6.23 Å². The van der Waals surface area contributed by atoms with Crippen molar-refractivity contribution in [2.45, 2.75) is 54.6 Å². The number of benzene rings is 2. The predicted octanol–water partition coefficient (Wildman–Crippen LogP) is 5.48. The maximum atomic E-state index is 12.8. The number of piperidine rings is 2. The molecule has 0 spiro atoms. The van der Waals surface area contributed by atoms with Gasteiger partial charge in [0.2, 0.25) is 9.70 Å². The zero-order valence-corrected chi connectivity index (χ0v) is 19.8. The monoisotopic (exact) mass is 482 g/mol. The minimum Gasteiger partial charge on any atom is -0.354 e. The Morgan fingerprint density at radius 1 is 1.06 bits per heavy atom. The van der Waals surface area contributed by atoms with Gasteiger partial charge in [-0.15, -0.1) is 0 Å². The number of ether oxygens (including phenoxy) is 1. The molecule has 0 aliphatic carbocycles. The van der Waals surface area contributed by atoms with Gasteiger partial charge in [0.25, 0.3) is 0 Å². The van der Waals surface area contributed by atoms with Gasteiger partial charge in [-0.3, -0.25) is 4.79 Å². The van der Waals surface area contributed by atoms with Crippen molar-refractivity contribution in [3.8, 4) is 0 Å². The van der Waals surface area contributed by atoms with Gasteiger partial charge >= 0.3 is 0 Å². The van der Waals surface area contributed by atoms with Crippen LogP contribution in [0.25, 0.3) is 10.8 Å². The van der Waals surface area contributed by atoms with Crippen LogP contribution in [0.1, 0.15) is 37.7 Å². The Morgan fingerprint density at radius 2 is 1.84 bits per heavy atom. The molecular weight excluding hydrogens is 455 g/mol. The summed E-state index contributed by atoms with van der Waals surface area (Å²) in [6.45, 7) is 2.81. The van der Waals surface area contributed by atoms with Crippen molar-refractivity contribution in [2.75, 3.05) is 19.7 Å². The molecule has 4 rings (SSSR count). The van der Waals surface area contributed by atoms with Crippen molar-refractivity contribution >= 4 is 51.5 Å². The molecule has 168 valence electrons. The highest BCUT2D eigenvalue weighted by Gasteiger charge is 2.38. The summed E-state index contributed by atoms with van der Waals surface area (Å²) < 4.78 is 4.30. The normalized spacial score (nSPS) is 23.3. The maximum absolute atomic E-state index is 12.8. The molecule has 1 amide bonds. The first kappa shape index (κ1) is 23.1. The first-order chi connectivity index (χ1) is 14.9. The smallest absolute Gasteiger partial charge is 0.234 e. The van der Waals surface area contributed by atoms with Crippen LogP contribution in [0, 0.1) is 5.92 Å². The van der Waals surface area contributed by atoms with Crippen LogP contribution in [0.3, 0.4) is 0 Å². The van der Waals surface area contributed by atoms with E-state index < -0.39 is 10.0 Å². The number of amides is 1. The van der Waals surface area contributed by atoms with Crippen molar-refractivity contribution in [2.24, 2.45) is 5.92 Å². The van der Waals surface area contributed by atoms with E-state index in [0.29, 0.717) is 18.6 Å². The predicted molar refractivity (Wildman–Crippen MR) is 128 cm³/mol. The van der Waals surface area contributed by atoms with Gasteiger partial charge in [0.1, 0.15) is 0 Å². The Hall–Kier alpha value is -1.04. The van der Waals surface area contributed by atoms with E-state index in [1.54, 1.807) is 0 Å². The number of halogens is 3. The Kier molecular flexibility index (Phi) is 7.66. The lowest BCUT2D eigenvalue weighted by Gasteiger charge is -2.44. The number of carbonyl (C=O) groups is 1. The Balaban J connectivity index is 1.39. The molecule has 0 radical (unpaired) electrons. The standard InChI is InChI=1S/C24H29Cl3N2O2/c25-24(26,27)23(31-16-19-10-6-14-29-13-4-3-12-21(19)29)28-22(30)15-18-9-5-8-17-7-1-2-11-20(17)18/h1-2,5,7-9,11,19,21,23H,3-4,6,10,12-16H2,(H,28,30). The van der Waals surface area contributed by atoms with Crippen LogP contribution < -0.4 is 5.32 Å². The molecule has 31 heavy (non-hydrogen) atoms. The second-order valence-electron chi connectivity index (χ2n) is 8.64. The lowest BCUT2D eigenvalue weighted by atomic mass is 9.84. The highest BCUT2D eigenvalue weighted by atomic mass is 35.6. The fourth-order valence-corrected chi connectivity index (χ4v) is 5.38. The summed E-state index contributed by atoms with van der Waals surface area (Å²) in [6.07, 6.45) is 5.20. The average Bonchev–Trinajstić information content (AvgIpc) is 2.76. The van der Waals surface area contributed by atoms with E-state index in [9.17, 15) is 4.79 Å². The highest BCUT2D eigenvalue weighted by molar-refractivity contribution is 6.68. The van der Waals surface area contributed by atoms with Gasteiger partial charge in [0, 0.05) is 6.04 Å². The minimum atomic E-state index is -1.74. The van der Waals surface area contributed by atoms with Gasteiger partial charge < -0.3 is 15.0 Å². The molecule has 0 bridgehead atoms. The van der Waals surface area contributed by atoms with Crippen LogP contribution in [0.15, 0.2) is 42.5 Å². The third-order valence-corrected chi connectivity index (χ3v) is 7.12.